The molecule has 5 nitrogen and oxygen atoms in total. The molecule has 0 bridgehead atoms. The highest BCUT2D eigenvalue weighted by Gasteiger charge is 2.10. The summed E-state index contributed by atoms with van der Waals surface area (Å²) < 4.78 is 37.0. The molecular formula is C15H19NO4S. The first-order valence-electron chi connectivity index (χ1n) is 6.65. The van der Waals surface area contributed by atoms with E-state index in [2.05, 4.69) is 4.90 Å². The fourth-order valence-electron chi connectivity index (χ4n) is 2.02. The van der Waals surface area contributed by atoms with E-state index in [0.29, 0.717) is 12.4 Å². The van der Waals surface area contributed by atoms with E-state index >= 15 is 0 Å². The summed E-state index contributed by atoms with van der Waals surface area (Å²) in [6.07, 6.45) is 0.913. The van der Waals surface area contributed by atoms with Crippen molar-refractivity contribution in [3.8, 4) is 5.75 Å². The third kappa shape index (κ3) is 4.42. The van der Waals surface area contributed by atoms with Crippen molar-refractivity contribution in [2.75, 3.05) is 27.2 Å². The molecule has 6 heteroatoms. The van der Waals surface area contributed by atoms with Crippen molar-refractivity contribution in [2.24, 2.45) is 0 Å². The lowest BCUT2D eigenvalue weighted by atomic mass is 10.1. The number of ether oxygens (including phenoxy) is 1. The van der Waals surface area contributed by atoms with E-state index in [1.165, 1.54) is 12.1 Å². The summed E-state index contributed by atoms with van der Waals surface area (Å²) in [6, 6.07) is 9.98. The van der Waals surface area contributed by atoms with E-state index in [0.717, 1.165) is 23.7 Å². The summed E-state index contributed by atoms with van der Waals surface area (Å²) in [4.78, 5) is 1.97. The number of benzene rings is 2. The average molecular weight is 309 g/mol. The average Bonchev–Trinajstić information content (AvgIpc) is 2.41. The summed E-state index contributed by atoms with van der Waals surface area (Å²) in [5.41, 5.74) is 0. The highest BCUT2D eigenvalue weighted by Crippen LogP contribution is 2.24. The van der Waals surface area contributed by atoms with E-state index in [1.54, 1.807) is 12.1 Å². The Morgan fingerprint density at radius 3 is 2.48 bits per heavy atom. The molecule has 0 fully saturated rings. The minimum absolute atomic E-state index is 0.111. The van der Waals surface area contributed by atoms with Gasteiger partial charge in [-0.05, 0) is 55.6 Å². The molecule has 0 aliphatic heterocycles. The molecule has 2 aromatic carbocycles. The standard InChI is InChI=1S/C15H19NO4S/c1-16(2)8-3-9-20-14-6-4-12-5-7-15(21(17,18)19)11-13(12)10-14/h4-7,10-11H,3,8-9H2,1-2H3,(H,17,18,19). The largest absolute Gasteiger partial charge is 0.494 e. The molecule has 0 radical (unpaired) electrons. The summed E-state index contributed by atoms with van der Waals surface area (Å²) >= 11 is 0. The Labute approximate surface area is 124 Å². The fourth-order valence-corrected chi connectivity index (χ4v) is 2.54. The van der Waals surface area contributed by atoms with Crippen molar-refractivity contribution >= 4 is 20.9 Å². The molecule has 0 amide bonds. The van der Waals surface area contributed by atoms with Gasteiger partial charge in [-0.15, -0.1) is 0 Å². The van der Waals surface area contributed by atoms with Crippen LogP contribution in [-0.2, 0) is 10.1 Å². The topological polar surface area (TPSA) is 66.8 Å². The van der Waals surface area contributed by atoms with Crippen molar-refractivity contribution in [2.45, 2.75) is 11.3 Å². The van der Waals surface area contributed by atoms with Crippen LogP contribution in [-0.4, -0.2) is 45.1 Å². The molecule has 0 heterocycles. The Bertz CT molecular complexity index is 726. The maximum Gasteiger partial charge on any atom is 0.294 e. The van der Waals surface area contributed by atoms with Crippen molar-refractivity contribution in [1.29, 1.82) is 0 Å². The monoisotopic (exact) mass is 309 g/mol. The van der Waals surface area contributed by atoms with Gasteiger partial charge < -0.3 is 9.64 Å². The normalized spacial score (nSPS) is 12.0. The lowest BCUT2D eigenvalue weighted by molar-refractivity contribution is 0.282. The van der Waals surface area contributed by atoms with Gasteiger partial charge in [-0.3, -0.25) is 4.55 Å². The van der Waals surface area contributed by atoms with Gasteiger partial charge in [0.2, 0.25) is 0 Å². The fraction of sp³-hybridized carbons (Fsp3) is 0.333. The van der Waals surface area contributed by atoms with Gasteiger partial charge in [0.1, 0.15) is 5.75 Å². The van der Waals surface area contributed by atoms with E-state index in [1.807, 2.05) is 26.2 Å². The van der Waals surface area contributed by atoms with Crippen LogP contribution in [0.25, 0.3) is 10.8 Å². The summed E-state index contributed by atoms with van der Waals surface area (Å²) in [6.45, 7) is 1.54. The Morgan fingerprint density at radius 1 is 1.10 bits per heavy atom. The molecule has 0 atom stereocenters. The van der Waals surface area contributed by atoms with Gasteiger partial charge in [0.25, 0.3) is 10.1 Å². The molecule has 0 unspecified atom stereocenters. The molecule has 21 heavy (non-hydrogen) atoms. The molecule has 2 rings (SSSR count). The molecule has 114 valence electrons. The Hall–Kier alpha value is -1.63. The molecule has 1 N–H and O–H groups in total. The molecular weight excluding hydrogens is 290 g/mol. The Balaban J connectivity index is 2.16. The van der Waals surface area contributed by atoms with Crippen LogP contribution in [0.5, 0.6) is 5.75 Å². The summed E-state index contributed by atoms with van der Waals surface area (Å²) in [5, 5.41) is 1.61. The van der Waals surface area contributed by atoms with Crippen LogP contribution in [0.3, 0.4) is 0 Å². The Morgan fingerprint density at radius 2 is 1.81 bits per heavy atom. The van der Waals surface area contributed by atoms with Crippen molar-refractivity contribution < 1.29 is 17.7 Å². The molecule has 0 spiro atoms. The second kappa shape index (κ2) is 6.43. The highest BCUT2D eigenvalue weighted by atomic mass is 32.2. The molecule has 2 aromatic rings. The first-order valence-corrected chi connectivity index (χ1v) is 8.09. The number of hydrogen-bond acceptors (Lipinski definition) is 4. The summed E-state index contributed by atoms with van der Waals surface area (Å²) in [7, 11) is -0.170. The van der Waals surface area contributed by atoms with E-state index < -0.39 is 10.1 Å². The quantitative estimate of drug-likeness (QED) is 0.655. The van der Waals surface area contributed by atoms with Gasteiger partial charge >= 0.3 is 0 Å². The molecule has 0 saturated heterocycles. The first kappa shape index (κ1) is 15.8. The second-order valence-electron chi connectivity index (χ2n) is 5.15. The zero-order valence-corrected chi connectivity index (χ0v) is 12.9. The van der Waals surface area contributed by atoms with Crippen molar-refractivity contribution in [1.82, 2.24) is 4.90 Å². The molecule has 0 aliphatic carbocycles. The van der Waals surface area contributed by atoms with Crippen LogP contribution in [0.1, 0.15) is 6.42 Å². The van der Waals surface area contributed by atoms with Gasteiger partial charge in [0.15, 0.2) is 0 Å². The second-order valence-corrected chi connectivity index (χ2v) is 6.57. The van der Waals surface area contributed by atoms with Crippen LogP contribution in [0.2, 0.25) is 0 Å². The third-order valence-electron chi connectivity index (χ3n) is 3.10. The van der Waals surface area contributed by atoms with Gasteiger partial charge in [-0.25, -0.2) is 0 Å². The number of nitrogens with zero attached hydrogens (tertiary/aromatic N) is 1. The number of hydrogen-bond donors (Lipinski definition) is 1. The highest BCUT2D eigenvalue weighted by molar-refractivity contribution is 7.85. The predicted octanol–water partition coefficient (Wildman–Crippen LogP) is 2.42. The molecule has 0 aromatic heterocycles. The van der Waals surface area contributed by atoms with Gasteiger partial charge in [-0.1, -0.05) is 12.1 Å². The predicted molar refractivity (Wildman–Crippen MR) is 82.4 cm³/mol. The minimum Gasteiger partial charge on any atom is -0.494 e. The lowest BCUT2D eigenvalue weighted by Gasteiger charge is -2.11. The molecule has 0 aliphatic rings. The molecule has 0 saturated carbocycles. The van der Waals surface area contributed by atoms with Crippen LogP contribution < -0.4 is 4.74 Å². The SMILES string of the molecule is CN(C)CCCOc1ccc2ccc(S(=O)(=O)O)cc2c1. The van der Waals surface area contributed by atoms with Crippen LogP contribution in [0.4, 0.5) is 0 Å². The van der Waals surface area contributed by atoms with E-state index in [4.69, 9.17) is 9.29 Å². The maximum absolute atomic E-state index is 11.2. The van der Waals surface area contributed by atoms with Crippen LogP contribution in [0.15, 0.2) is 41.3 Å². The van der Waals surface area contributed by atoms with E-state index in [-0.39, 0.29) is 4.90 Å². The van der Waals surface area contributed by atoms with Crippen LogP contribution >= 0.6 is 0 Å². The zero-order chi connectivity index (χ0) is 15.5. The smallest absolute Gasteiger partial charge is 0.294 e. The first-order chi connectivity index (χ1) is 9.86. The zero-order valence-electron chi connectivity index (χ0n) is 12.1. The van der Waals surface area contributed by atoms with Crippen LogP contribution in [0, 0.1) is 0 Å². The lowest BCUT2D eigenvalue weighted by Crippen LogP contribution is -2.15. The number of fused-ring (bicyclic) bond motifs is 1. The van der Waals surface area contributed by atoms with E-state index in [9.17, 15) is 8.42 Å². The minimum atomic E-state index is -4.18. The maximum atomic E-state index is 11.2. The van der Waals surface area contributed by atoms with Gasteiger partial charge in [0, 0.05) is 6.54 Å². The van der Waals surface area contributed by atoms with Crippen molar-refractivity contribution in [3.05, 3.63) is 36.4 Å². The summed E-state index contributed by atoms with van der Waals surface area (Å²) in [5.74, 6) is 0.689. The van der Waals surface area contributed by atoms with Crippen molar-refractivity contribution in [3.63, 3.8) is 0 Å². The van der Waals surface area contributed by atoms with Gasteiger partial charge in [0.05, 0.1) is 11.5 Å². The third-order valence-corrected chi connectivity index (χ3v) is 3.95. The van der Waals surface area contributed by atoms with Gasteiger partial charge in [-0.2, -0.15) is 8.42 Å². The number of rotatable bonds is 6. The Kier molecular flexibility index (Phi) is 4.82.